The van der Waals surface area contributed by atoms with Crippen LogP contribution in [0.15, 0.2) is 73.1 Å². The predicted molar refractivity (Wildman–Crippen MR) is 148 cm³/mol. The van der Waals surface area contributed by atoms with Crippen molar-refractivity contribution in [1.29, 1.82) is 0 Å². The molecule has 10 heteroatoms. The van der Waals surface area contributed by atoms with Crippen molar-refractivity contribution < 1.29 is 14.3 Å². The number of urea groups is 1. The molecule has 196 valence electrons. The van der Waals surface area contributed by atoms with E-state index in [0.717, 1.165) is 11.3 Å². The van der Waals surface area contributed by atoms with Crippen molar-refractivity contribution >= 4 is 29.1 Å². The molecule has 0 bridgehead atoms. The summed E-state index contributed by atoms with van der Waals surface area (Å²) in [5, 5.41) is 13.2. The van der Waals surface area contributed by atoms with E-state index in [1.807, 2.05) is 39.0 Å². The van der Waals surface area contributed by atoms with E-state index in [-0.39, 0.29) is 11.3 Å². The fraction of sp³-hybridized carbons (Fsp3) is 0.214. The molecular weight excluding hydrogens is 482 g/mol. The lowest BCUT2D eigenvalue weighted by molar-refractivity contribution is -0.119. The van der Waals surface area contributed by atoms with Crippen molar-refractivity contribution in [2.75, 3.05) is 16.4 Å². The molecule has 0 radical (unpaired) electrons. The number of hydrogen-bond acceptors (Lipinski definition) is 6. The minimum absolute atomic E-state index is 0.135. The Labute approximate surface area is 221 Å². The highest BCUT2D eigenvalue weighted by Gasteiger charge is 2.22. The Balaban J connectivity index is 1.50. The van der Waals surface area contributed by atoms with Crippen LogP contribution in [0.5, 0.6) is 11.5 Å². The highest BCUT2D eigenvalue weighted by molar-refractivity contribution is 5.99. The SMILES string of the molecule is CC(=O)NCc1ccc(-n2nc(C(C)(C)C)cc2NC(=O)Nc2ccc(Oc3ccncc3)cc2)cc1N. The molecule has 3 amide bonds. The summed E-state index contributed by atoms with van der Waals surface area (Å²) in [5.74, 6) is 1.66. The van der Waals surface area contributed by atoms with Gasteiger partial charge in [0, 0.05) is 48.7 Å². The minimum atomic E-state index is -0.426. The Kier molecular flexibility index (Phi) is 7.61. The molecular formula is C28H31N7O3. The smallest absolute Gasteiger partial charge is 0.324 e. The van der Waals surface area contributed by atoms with E-state index < -0.39 is 6.03 Å². The number of rotatable bonds is 7. The van der Waals surface area contributed by atoms with E-state index in [2.05, 4.69) is 20.9 Å². The zero-order valence-electron chi connectivity index (χ0n) is 21.8. The Hall–Kier alpha value is -4.86. The molecule has 2 heterocycles. The Morgan fingerprint density at radius 3 is 2.26 bits per heavy atom. The summed E-state index contributed by atoms with van der Waals surface area (Å²) >= 11 is 0. The van der Waals surface area contributed by atoms with Crippen molar-refractivity contribution in [1.82, 2.24) is 20.1 Å². The Morgan fingerprint density at radius 1 is 0.947 bits per heavy atom. The molecule has 0 unspecified atom stereocenters. The number of anilines is 3. The van der Waals surface area contributed by atoms with Gasteiger partial charge >= 0.3 is 6.03 Å². The number of pyridine rings is 1. The Morgan fingerprint density at radius 2 is 1.63 bits per heavy atom. The van der Waals surface area contributed by atoms with Crippen LogP contribution in [0.3, 0.4) is 0 Å². The number of nitrogen functional groups attached to an aromatic ring is 1. The molecule has 0 spiro atoms. The van der Waals surface area contributed by atoms with Gasteiger partial charge in [-0.05, 0) is 54.1 Å². The van der Waals surface area contributed by atoms with E-state index in [0.29, 0.717) is 40.9 Å². The van der Waals surface area contributed by atoms with Gasteiger partial charge in [-0.25, -0.2) is 9.48 Å². The summed E-state index contributed by atoms with van der Waals surface area (Å²) in [4.78, 5) is 28.1. The second-order valence-electron chi connectivity index (χ2n) is 9.76. The number of nitrogens with two attached hydrogens (primary N) is 1. The average Bonchev–Trinajstić information content (AvgIpc) is 3.29. The molecule has 0 aliphatic carbocycles. The van der Waals surface area contributed by atoms with E-state index in [1.54, 1.807) is 59.5 Å². The van der Waals surface area contributed by atoms with E-state index >= 15 is 0 Å². The van der Waals surface area contributed by atoms with Gasteiger partial charge in [-0.2, -0.15) is 5.10 Å². The molecule has 10 nitrogen and oxygen atoms in total. The molecule has 0 aliphatic heterocycles. The number of ether oxygens (including phenoxy) is 1. The molecule has 0 saturated heterocycles. The van der Waals surface area contributed by atoms with Gasteiger partial charge in [0.05, 0.1) is 11.4 Å². The third-order valence-electron chi connectivity index (χ3n) is 5.62. The lowest BCUT2D eigenvalue weighted by Crippen LogP contribution is -2.21. The van der Waals surface area contributed by atoms with Crippen LogP contribution in [-0.4, -0.2) is 26.7 Å². The van der Waals surface area contributed by atoms with Crippen LogP contribution in [0.25, 0.3) is 5.69 Å². The average molecular weight is 514 g/mol. The van der Waals surface area contributed by atoms with Crippen LogP contribution in [0.4, 0.5) is 22.0 Å². The van der Waals surface area contributed by atoms with Gasteiger partial charge in [0.15, 0.2) is 0 Å². The molecule has 0 aliphatic rings. The number of benzene rings is 2. The molecule has 5 N–H and O–H groups in total. The lowest BCUT2D eigenvalue weighted by atomic mass is 9.92. The van der Waals surface area contributed by atoms with Gasteiger partial charge in [0.2, 0.25) is 5.91 Å². The molecule has 4 rings (SSSR count). The molecule has 0 fully saturated rings. The normalized spacial score (nSPS) is 11.1. The fourth-order valence-corrected chi connectivity index (χ4v) is 3.56. The molecule has 2 aromatic carbocycles. The van der Waals surface area contributed by atoms with Gasteiger partial charge < -0.3 is 21.1 Å². The first-order chi connectivity index (χ1) is 18.1. The van der Waals surface area contributed by atoms with Crippen LogP contribution >= 0.6 is 0 Å². The number of nitrogens with zero attached hydrogens (tertiary/aromatic N) is 3. The lowest BCUT2D eigenvalue weighted by Gasteiger charge is -2.14. The van der Waals surface area contributed by atoms with E-state index in [4.69, 9.17) is 15.6 Å². The van der Waals surface area contributed by atoms with Crippen LogP contribution in [0.1, 0.15) is 39.0 Å². The third kappa shape index (κ3) is 6.67. The Bertz CT molecular complexity index is 1430. The first-order valence-electron chi connectivity index (χ1n) is 12.1. The summed E-state index contributed by atoms with van der Waals surface area (Å²) in [6, 6.07) is 17.4. The summed E-state index contributed by atoms with van der Waals surface area (Å²) in [6.45, 7) is 7.92. The zero-order chi connectivity index (χ0) is 27.3. The maximum atomic E-state index is 12.9. The predicted octanol–water partition coefficient (Wildman–Crippen LogP) is 5.22. The molecule has 0 atom stereocenters. The van der Waals surface area contributed by atoms with Crippen LogP contribution in [0, 0.1) is 0 Å². The first-order valence-corrected chi connectivity index (χ1v) is 12.1. The highest BCUT2D eigenvalue weighted by Crippen LogP contribution is 2.28. The standard InChI is InChI=1S/C28H31N7O3/c1-18(36)31-17-19-5-8-21(15-24(19)29)35-26(16-25(34-35)28(2,3)4)33-27(37)32-20-6-9-22(10-7-20)38-23-11-13-30-14-12-23/h5-16H,17,29H2,1-4H3,(H,31,36)(H2,32,33,37). The topological polar surface area (TPSA) is 136 Å². The van der Waals surface area contributed by atoms with Crippen molar-refractivity contribution in [2.24, 2.45) is 0 Å². The summed E-state index contributed by atoms with van der Waals surface area (Å²) in [7, 11) is 0. The van der Waals surface area contributed by atoms with E-state index in [1.165, 1.54) is 6.92 Å². The van der Waals surface area contributed by atoms with Crippen molar-refractivity contribution in [3.8, 4) is 17.2 Å². The van der Waals surface area contributed by atoms with Crippen LogP contribution in [0.2, 0.25) is 0 Å². The van der Waals surface area contributed by atoms with Crippen molar-refractivity contribution in [3.05, 3.63) is 84.3 Å². The molecule has 0 saturated carbocycles. The van der Waals surface area contributed by atoms with Crippen LogP contribution in [-0.2, 0) is 16.8 Å². The molecule has 2 aromatic heterocycles. The van der Waals surface area contributed by atoms with Gasteiger partial charge in [0.25, 0.3) is 0 Å². The summed E-state index contributed by atoms with van der Waals surface area (Å²) in [6.07, 6.45) is 3.31. The minimum Gasteiger partial charge on any atom is -0.457 e. The number of amides is 3. The highest BCUT2D eigenvalue weighted by atomic mass is 16.5. The van der Waals surface area contributed by atoms with Crippen LogP contribution < -0.4 is 26.4 Å². The van der Waals surface area contributed by atoms with Crippen molar-refractivity contribution in [3.63, 3.8) is 0 Å². The summed E-state index contributed by atoms with van der Waals surface area (Å²) in [5.41, 5.74) is 9.36. The fourth-order valence-electron chi connectivity index (χ4n) is 3.56. The van der Waals surface area contributed by atoms with Gasteiger partial charge in [0.1, 0.15) is 17.3 Å². The second kappa shape index (κ2) is 11.0. The summed E-state index contributed by atoms with van der Waals surface area (Å²) < 4.78 is 7.41. The molecule has 38 heavy (non-hydrogen) atoms. The largest absolute Gasteiger partial charge is 0.457 e. The van der Waals surface area contributed by atoms with Crippen molar-refractivity contribution in [2.45, 2.75) is 39.7 Å². The number of carbonyl (C=O) groups is 2. The third-order valence-corrected chi connectivity index (χ3v) is 5.62. The maximum Gasteiger partial charge on any atom is 0.324 e. The first kappa shape index (κ1) is 26.2. The number of nitrogens with one attached hydrogen (secondary N) is 3. The number of aromatic nitrogens is 3. The van der Waals surface area contributed by atoms with E-state index in [9.17, 15) is 9.59 Å². The maximum absolute atomic E-state index is 12.9. The number of carbonyl (C=O) groups excluding carboxylic acids is 2. The zero-order valence-corrected chi connectivity index (χ0v) is 21.8. The molecule has 4 aromatic rings. The quantitative estimate of drug-likeness (QED) is 0.250. The van der Waals surface area contributed by atoms with Gasteiger partial charge in [-0.3, -0.25) is 15.1 Å². The second-order valence-corrected chi connectivity index (χ2v) is 9.76. The van der Waals surface area contributed by atoms with Gasteiger partial charge in [-0.15, -0.1) is 0 Å². The number of hydrogen-bond donors (Lipinski definition) is 4. The van der Waals surface area contributed by atoms with Gasteiger partial charge in [-0.1, -0.05) is 26.8 Å². The monoisotopic (exact) mass is 513 g/mol.